The largest absolute Gasteiger partial charge is 0.481 e. The Bertz CT molecular complexity index is 1030. The molecule has 0 bridgehead atoms. The zero-order chi connectivity index (χ0) is 21.2. The van der Waals surface area contributed by atoms with Crippen LogP contribution < -0.4 is 0 Å². The van der Waals surface area contributed by atoms with Crippen molar-refractivity contribution in [2.24, 2.45) is 5.41 Å². The molecule has 0 radical (unpaired) electrons. The van der Waals surface area contributed by atoms with Crippen LogP contribution in [0.3, 0.4) is 0 Å². The Morgan fingerprint density at radius 1 is 1.03 bits per heavy atom. The summed E-state index contributed by atoms with van der Waals surface area (Å²) in [5.41, 5.74) is 5.13. The van der Waals surface area contributed by atoms with E-state index in [1.54, 1.807) is 0 Å². The second-order valence-corrected chi connectivity index (χ2v) is 8.46. The molecular weight excluding hydrogens is 386 g/mol. The lowest BCUT2D eigenvalue weighted by Gasteiger charge is -2.30. The second kappa shape index (κ2) is 8.26. The number of benzene rings is 2. The fraction of sp³-hybridized carbons (Fsp3) is 0.250. The van der Waals surface area contributed by atoms with Crippen LogP contribution in [0.2, 0.25) is 5.02 Å². The average Bonchev–Trinajstić information content (AvgIpc) is 3.01. The van der Waals surface area contributed by atoms with Crippen LogP contribution in [0.4, 0.5) is 0 Å². The molecule has 0 spiro atoms. The molecule has 0 aliphatic heterocycles. The van der Waals surface area contributed by atoms with E-state index in [2.05, 4.69) is 36.6 Å². The van der Waals surface area contributed by atoms with Crippen LogP contribution in [0.1, 0.15) is 43.2 Å². The minimum atomic E-state index is -0.833. The molecule has 1 N–H and O–H groups in total. The number of aromatic nitrogens is 1. The zero-order valence-corrected chi connectivity index (χ0v) is 17.5. The summed E-state index contributed by atoms with van der Waals surface area (Å²) < 4.78 is 2.22. The second-order valence-electron chi connectivity index (χ2n) is 8.03. The van der Waals surface area contributed by atoms with Gasteiger partial charge in [0.1, 0.15) is 0 Å². The number of carboxylic acid groups (broad SMARTS) is 1. The monoisotopic (exact) mass is 409 g/mol. The van der Waals surface area contributed by atoms with E-state index in [1.165, 1.54) is 0 Å². The highest BCUT2D eigenvalue weighted by Gasteiger charge is 2.34. The number of carbonyl (C=O) groups is 2. The normalized spacial score (nSPS) is 14.6. The smallest absolute Gasteiger partial charge is 0.300 e. The van der Waals surface area contributed by atoms with Gasteiger partial charge in [-0.15, -0.1) is 0 Å². The number of fused-ring (bicyclic) bond motifs is 1. The average molecular weight is 410 g/mol. The number of rotatable bonds is 2. The third kappa shape index (κ3) is 4.77. The van der Waals surface area contributed by atoms with E-state index in [9.17, 15) is 4.79 Å². The number of hydrogen-bond acceptors (Lipinski definition) is 2. The van der Waals surface area contributed by atoms with Gasteiger partial charge in [0.25, 0.3) is 5.97 Å². The molecule has 150 valence electrons. The maximum Gasteiger partial charge on any atom is 0.300 e. The molecule has 0 unspecified atom stereocenters. The lowest BCUT2D eigenvalue weighted by atomic mass is 9.76. The molecule has 0 fully saturated rings. The number of carbonyl (C=O) groups excluding carboxylic acids is 1. The van der Waals surface area contributed by atoms with Gasteiger partial charge in [-0.2, -0.15) is 0 Å². The van der Waals surface area contributed by atoms with Crippen molar-refractivity contribution in [3.63, 3.8) is 0 Å². The van der Waals surface area contributed by atoms with Gasteiger partial charge in [0.05, 0.1) is 5.69 Å². The van der Waals surface area contributed by atoms with Crippen LogP contribution in [-0.2, 0) is 11.2 Å². The number of aliphatic carboxylic acids is 1. The minimum absolute atomic E-state index is 0.0272. The summed E-state index contributed by atoms with van der Waals surface area (Å²) in [5.74, 6) is -0.601. The van der Waals surface area contributed by atoms with Crippen molar-refractivity contribution in [2.45, 2.75) is 33.6 Å². The first-order valence-corrected chi connectivity index (χ1v) is 9.84. The van der Waals surface area contributed by atoms with Crippen molar-refractivity contribution >= 4 is 23.4 Å². The van der Waals surface area contributed by atoms with Crippen LogP contribution in [0.25, 0.3) is 16.9 Å². The summed E-state index contributed by atoms with van der Waals surface area (Å²) in [6.07, 6.45) is 1.47. The molecule has 4 nitrogen and oxygen atoms in total. The Morgan fingerprint density at radius 2 is 1.62 bits per heavy atom. The van der Waals surface area contributed by atoms with Gasteiger partial charge in [0.2, 0.25) is 0 Å². The van der Waals surface area contributed by atoms with Crippen LogP contribution in [0.5, 0.6) is 0 Å². The molecule has 1 aromatic heterocycles. The molecule has 0 saturated carbocycles. The van der Waals surface area contributed by atoms with Crippen LogP contribution in [-0.4, -0.2) is 21.4 Å². The van der Waals surface area contributed by atoms with E-state index in [4.69, 9.17) is 21.5 Å². The van der Waals surface area contributed by atoms with Crippen molar-refractivity contribution < 1.29 is 14.7 Å². The minimum Gasteiger partial charge on any atom is -0.481 e. The first-order chi connectivity index (χ1) is 13.7. The highest BCUT2D eigenvalue weighted by atomic mass is 35.5. The Balaban J connectivity index is 0.000000552. The Morgan fingerprint density at radius 3 is 2.21 bits per heavy atom. The van der Waals surface area contributed by atoms with Gasteiger partial charge in [-0.25, -0.2) is 0 Å². The molecule has 3 aromatic rings. The van der Waals surface area contributed by atoms with Gasteiger partial charge in [-0.05, 0) is 47.7 Å². The zero-order valence-electron chi connectivity index (χ0n) is 16.8. The molecule has 0 amide bonds. The molecule has 1 aliphatic carbocycles. The summed E-state index contributed by atoms with van der Waals surface area (Å²) in [6.45, 7) is 5.41. The van der Waals surface area contributed by atoms with Gasteiger partial charge in [-0.1, -0.05) is 55.8 Å². The number of Topliss-reactive ketones (excluding diaryl/α,β-unsaturated/α-hetero) is 1. The number of hydrogen-bond donors (Lipinski definition) is 1. The maximum atomic E-state index is 12.7. The van der Waals surface area contributed by atoms with Gasteiger partial charge < -0.3 is 9.67 Å². The highest BCUT2D eigenvalue weighted by Crippen LogP contribution is 2.40. The van der Waals surface area contributed by atoms with E-state index in [-0.39, 0.29) is 11.2 Å². The van der Waals surface area contributed by atoms with Gasteiger partial charge in [0.15, 0.2) is 5.78 Å². The standard InChI is InChI=1S/C22H20ClNO.C2H4O2/c1-22(2)13-20-18(21(25)14-22)12-19(15-6-4-3-5-7-15)24(20)17-10-8-16(23)9-11-17;1-2(3)4/h3-12H,13-14H2,1-2H3;1H3,(H,3,4). The predicted molar refractivity (Wildman–Crippen MR) is 116 cm³/mol. The number of carboxylic acids is 1. The SMILES string of the molecule is CC(=O)O.CC1(C)CC(=O)c2cc(-c3ccccc3)n(-c3ccc(Cl)cc3)c2C1. The molecule has 1 heterocycles. The van der Waals surface area contributed by atoms with E-state index in [1.807, 2.05) is 42.5 Å². The van der Waals surface area contributed by atoms with Crippen LogP contribution in [0.15, 0.2) is 60.7 Å². The summed E-state index contributed by atoms with van der Waals surface area (Å²) >= 11 is 6.08. The maximum absolute atomic E-state index is 12.7. The first kappa shape index (κ1) is 20.9. The Labute approximate surface area is 175 Å². The summed E-state index contributed by atoms with van der Waals surface area (Å²) in [6, 6.07) is 20.1. The predicted octanol–water partition coefficient (Wildman–Crippen LogP) is 6.04. The number of nitrogens with zero attached hydrogens (tertiary/aromatic N) is 1. The van der Waals surface area contributed by atoms with Crippen molar-refractivity contribution in [3.8, 4) is 16.9 Å². The quantitative estimate of drug-likeness (QED) is 0.561. The Kier molecular flexibility index (Phi) is 5.94. The summed E-state index contributed by atoms with van der Waals surface area (Å²) in [4.78, 5) is 21.7. The first-order valence-electron chi connectivity index (χ1n) is 9.47. The van der Waals surface area contributed by atoms with Crippen molar-refractivity contribution in [1.82, 2.24) is 4.57 Å². The van der Waals surface area contributed by atoms with E-state index in [0.29, 0.717) is 11.4 Å². The van der Waals surface area contributed by atoms with Crippen LogP contribution in [0, 0.1) is 5.41 Å². The molecular formula is C24H24ClNO3. The highest BCUT2D eigenvalue weighted by molar-refractivity contribution is 6.30. The number of ketones is 1. The van der Waals surface area contributed by atoms with Gasteiger partial charge >= 0.3 is 0 Å². The lowest BCUT2D eigenvalue weighted by molar-refractivity contribution is -0.134. The number of halogens is 1. The molecule has 5 heteroatoms. The van der Waals surface area contributed by atoms with Crippen LogP contribution >= 0.6 is 11.6 Å². The van der Waals surface area contributed by atoms with Crippen molar-refractivity contribution in [3.05, 3.63) is 76.9 Å². The van der Waals surface area contributed by atoms with E-state index < -0.39 is 5.97 Å². The Hall–Kier alpha value is -2.85. The summed E-state index contributed by atoms with van der Waals surface area (Å²) in [5, 5.41) is 8.13. The molecule has 2 aromatic carbocycles. The lowest BCUT2D eigenvalue weighted by Crippen LogP contribution is -2.27. The molecule has 1 aliphatic rings. The topological polar surface area (TPSA) is 59.3 Å². The molecule has 29 heavy (non-hydrogen) atoms. The van der Waals surface area contributed by atoms with E-state index in [0.717, 1.165) is 41.5 Å². The fourth-order valence-corrected chi connectivity index (χ4v) is 3.84. The van der Waals surface area contributed by atoms with Crippen molar-refractivity contribution in [1.29, 1.82) is 0 Å². The fourth-order valence-electron chi connectivity index (χ4n) is 3.72. The third-order valence-corrected chi connectivity index (χ3v) is 5.09. The third-order valence-electron chi connectivity index (χ3n) is 4.84. The molecule has 0 atom stereocenters. The van der Waals surface area contributed by atoms with E-state index >= 15 is 0 Å². The van der Waals surface area contributed by atoms with Crippen molar-refractivity contribution in [2.75, 3.05) is 0 Å². The summed E-state index contributed by atoms with van der Waals surface area (Å²) in [7, 11) is 0. The molecule has 0 saturated heterocycles. The van der Waals surface area contributed by atoms with Gasteiger partial charge in [0, 0.05) is 35.3 Å². The molecule has 4 rings (SSSR count). The van der Waals surface area contributed by atoms with Gasteiger partial charge in [-0.3, -0.25) is 9.59 Å².